The van der Waals surface area contributed by atoms with Crippen LogP contribution in [-0.4, -0.2) is 18.7 Å². The van der Waals surface area contributed by atoms with Gasteiger partial charge in [0, 0.05) is 0 Å². The van der Waals surface area contributed by atoms with E-state index in [1.165, 1.54) is 5.56 Å². The smallest absolute Gasteiger partial charge is 0.407 e. The lowest BCUT2D eigenvalue weighted by molar-refractivity contribution is 0.132. The second-order valence-electron chi connectivity index (χ2n) is 3.96. The van der Waals surface area contributed by atoms with E-state index < -0.39 is 0 Å². The average molecular weight is 205 g/mol. The summed E-state index contributed by atoms with van der Waals surface area (Å²) in [5, 5.41) is 2.67. The van der Waals surface area contributed by atoms with E-state index in [0.717, 1.165) is 6.42 Å². The number of carbonyl (C=O) groups is 1. The van der Waals surface area contributed by atoms with Crippen LogP contribution in [0, 0.1) is 0 Å². The summed E-state index contributed by atoms with van der Waals surface area (Å²) in [7, 11) is 0. The van der Waals surface area contributed by atoms with E-state index in [9.17, 15) is 4.79 Å². The zero-order valence-electron chi connectivity index (χ0n) is 8.77. The van der Waals surface area contributed by atoms with Gasteiger partial charge in [0.2, 0.25) is 0 Å². The van der Waals surface area contributed by atoms with Gasteiger partial charge in [0.25, 0.3) is 0 Å². The molecule has 0 aromatic heterocycles. The molecule has 1 N–H and O–H groups in total. The van der Waals surface area contributed by atoms with Crippen LogP contribution in [0.1, 0.15) is 24.8 Å². The molecule has 1 fully saturated rings. The van der Waals surface area contributed by atoms with E-state index in [2.05, 4.69) is 24.4 Å². The van der Waals surface area contributed by atoms with Crippen molar-refractivity contribution in [3.05, 3.63) is 35.9 Å². The molecule has 0 aliphatic carbocycles. The predicted octanol–water partition coefficient (Wildman–Crippen LogP) is 2.29. The Bertz CT molecular complexity index is 337. The molecule has 2 atom stereocenters. The quantitative estimate of drug-likeness (QED) is 0.822. The van der Waals surface area contributed by atoms with E-state index in [-0.39, 0.29) is 12.2 Å². The largest absolute Gasteiger partial charge is 0.444 e. The Morgan fingerprint density at radius 3 is 2.80 bits per heavy atom. The van der Waals surface area contributed by atoms with Crippen LogP contribution in [0.15, 0.2) is 30.3 Å². The highest BCUT2D eigenvalue weighted by Crippen LogP contribution is 2.22. The van der Waals surface area contributed by atoms with Crippen molar-refractivity contribution in [1.29, 1.82) is 0 Å². The van der Waals surface area contributed by atoms with Gasteiger partial charge in [-0.1, -0.05) is 37.3 Å². The molecule has 1 heterocycles. The summed E-state index contributed by atoms with van der Waals surface area (Å²) < 4.78 is 5.10. The number of hydrogen-bond acceptors (Lipinski definition) is 2. The number of amides is 1. The fourth-order valence-electron chi connectivity index (χ4n) is 1.88. The van der Waals surface area contributed by atoms with Crippen molar-refractivity contribution >= 4 is 6.09 Å². The van der Waals surface area contributed by atoms with Gasteiger partial charge in [-0.3, -0.25) is 0 Å². The lowest BCUT2D eigenvalue weighted by atomic mass is 9.95. The molecule has 1 amide bonds. The Morgan fingerprint density at radius 1 is 1.47 bits per heavy atom. The molecule has 0 bridgehead atoms. The first-order chi connectivity index (χ1) is 7.25. The van der Waals surface area contributed by atoms with Gasteiger partial charge in [-0.15, -0.1) is 0 Å². The van der Waals surface area contributed by atoms with Crippen LogP contribution in [0.4, 0.5) is 4.79 Å². The minimum absolute atomic E-state index is 0.0210. The molecule has 2 unspecified atom stereocenters. The van der Waals surface area contributed by atoms with Gasteiger partial charge >= 0.3 is 6.09 Å². The van der Waals surface area contributed by atoms with Crippen LogP contribution < -0.4 is 5.32 Å². The molecule has 0 saturated carbocycles. The van der Waals surface area contributed by atoms with Crippen LogP contribution in [-0.2, 0) is 4.74 Å². The molecular weight excluding hydrogens is 190 g/mol. The fourth-order valence-corrected chi connectivity index (χ4v) is 1.88. The first kappa shape index (κ1) is 10.0. The van der Waals surface area contributed by atoms with Crippen LogP contribution in [0.25, 0.3) is 0 Å². The highest BCUT2D eigenvalue weighted by molar-refractivity contribution is 5.69. The van der Waals surface area contributed by atoms with Gasteiger partial charge in [-0.2, -0.15) is 0 Å². The van der Waals surface area contributed by atoms with Crippen LogP contribution >= 0.6 is 0 Å². The highest BCUT2D eigenvalue weighted by Gasteiger charge is 2.24. The van der Waals surface area contributed by atoms with Crippen LogP contribution in [0.3, 0.4) is 0 Å². The monoisotopic (exact) mass is 205 g/mol. The Hall–Kier alpha value is -1.51. The summed E-state index contributed by atoms with van der Waals surface area (Å²) in [5.74, 6) is 0.420. The minimum Gasteiger partial charge on any atom is -0.444 e. The van der Waals surface area contributed by atoms with E-state index in [1.54, 1.807) is 0 Å². The van der Waals surface area contributed by atoms with E-state index in [4.69, 9.17) is 4.74 Å². The first-order valence-electron chi connectivity index (χ1n) is 5.25. The van der Waals surface area contributed by atoms with Gasteiger partial charge in [-0.25, -0.2) is 4.79 Å². The predicted molar refractivity (Wildman–Crippen MR) is 57.7 cm³/mol. The maximum atomic E-state index is 10.8. The zero-order valence-corrected chi connectivity index (χ0v) is 8.77. The molecule has 0 radical (unpaired) electrons. The van der Waals surface area contributed by atoms with Crippen molar-refractivity contribution in [2.45, 2.75) is 25.4 Å². The Labute approximate surface area is 89.4 Å². The number of nitrogens with one attached hydrogen (secondary N) is 1. The minimum atomic E-state index is -0.291. The van der Waals surface area contributed by atoms with Gasteiger partial charge in [-0.05, 0) is 17.9 Å². The van der Waals surface area contributed by atoms with Crippen molar-refractivity contribution in [2.24, 2.45) is 0 Å². The van der Waals surface area contributed by atoms with Crippen molar-refractivity contribution < 1.29 is 9.53 Å². The number of alkyl carbamates (subject to hydrolysis) is 1. The standard InChI is InChI=1S/C12H15NO2/c1-9(10-5-3-2-4-6-10)7-11-8-13-12(14)15-11/h2-6,9,11H,7-8H2,1H3,(H,13,14). The lowest BCUT2D eigenvalue weighted by Crippen LogP contribution is -2.16. The fraction of sp³-hybridized carbons (Fsp3) is 0.417. The van der Waals surface area contributed by atoms with E-state index >= 15 is 0 Å². The number of benzene rings is 1. The molecule has 2 rings (SSSR count). The SMILES string of the molecule is CC(CC1CNC(=O)O1)c1ccccc1. The molecule has 0 spiro atoms. The maximum Gasteiger partial charge on any atom is 0.407 e. The van der Waals surface area contributed by atoms with Crippen molar-refractivity contribution in [2.75, 3.05) is 6.54 Å². The second kappa shape index (κ2) is 4.34. The Balaban J connectivity index is 1.92. The normalized spacial score (nSPS) is 21.9. The summed E-state index contributed by atoms with van der Waals surface area (Å²) >= 11 is 0. The third kappa shape index (κ3) is 2.49. The maximum absolute atomic E-state index is 10.8. The highest BCUT2D eigenvalue weighted by atomic mass is 16.6. The van der Waals surface area contributed by atoms with Gasteiger partial charge in [0.15, 0.2) is 0 Å². The Morgan fingerprint density at radius 2 is 2.20 bits per heavy atom. The molecule has 80 valence electrons. The number of ether oxygens (including phenoxy) is 1. The summed E-state index contributed by atoms with van der Waals surface area (Å²) in [6, 6.07) is 10.3. The van der Waals surface area contributed by atoms with Crippen molar-refractivity contribution in [3.63, 3.8) is 0 Å². The average Bonchev–Trinajstić information content (AvgIpc) is 2.65. The van der Waals surface area contributed by atoms with Crippen LogP contribution in [0.5, 0.6) is 0 Å². The van der Waals surface area contributed by atoms with Gasteiger partial charge in [0.05, 0.1) is 6.54 Å². The van der Waals surface area contributed by atoms with E-state index in [1.807, 2.05) is 18.2 Å². The molecule has 1 aliphatic heterocycles. The molecule has 1 saturated heterocycles. The van der Waals surface area contributed by atoms with E-state index in [0.29, 0.717) is 12.5 Å². The Kier molecular flexibility index (Phi) is 2.90. The molecule has 1 aromatic carbocycles. The first-order valence-corrected chi connectivity index (χ1v) is 5.25. The molecule has 1 aromatic rings. The summed E-state index contributed by atoms with van der Waals surface area (Å²) in [4.78, 5) is 10.8. The summed E-state index contributed by atoms with van der Waals surface area (Å²) in [6.07, 6.45) is 0.607. The summed E-state index contributed by atoms with van der Waals surface area (Å²) in [6.45, 7) is 2.79. The number of hydrogen-bond donors (Lipinski definition) is 1. The number of cyclic esters (lactones) is 1. The summed E-state index contributed by atoms with van der Waals surface area (Å²) in [5.41, 5.74) is 1.29. The lowest BCUT2D eigenvalue weighted by Gasteiger charge is -2.14. The van der Waals surface area contributed by atoms with Crippen molar-refractivity contribution in [1.82, 2.24) is 5.32 Å². The van der Waals surface area contributed by atoms with Crippen molar-refractivity contribution in [3.8, 4) is 0 Å². The molecule has 1 aliphatic rings. The second-order valence-corrected chi connectivity index (χ2v) is 3.96. The number of rotatable bonds is 3. The molecule has 3 nitrogen and oxygen atoms in total. The molecule has 3 heteroatoms. The molecule has 15 heavy (non-hydrogen) atoms. The third-order valence-electron chi connectivity index (χ3n) is 2.73. The topological polar surface area (TPSA) is 38.3 Å². The molecular formula is C12H15NO2. The number of carbonyl (C=O) groups excluding carboxylic acids is 1. The van der Waals surface area contributed by atoms with Crippen LogP contribution in [0.2, 0.25) is 0 Å². The third-order valence-corrected chi connectivity index (χ3v) is 2.73. The zero-order chi connectivity index (χ0) is 10.7. The van der Waals surface area contributed by atoms with Gasteiger partial charge in [0.1, 0.15) is 6.10 Å². The van der Waals surface area contributed by atoms with Gasteiger partial charge < -0.3 is 10.1 Å².